The second-order valence-corrected chi connectivity index (χ2v) is 5.77. The average Bonchev–Trinajstić information content (AvgIpc) is 2.60. The highest BCUT2D eigenvalue weighted by Gasteiger charge is 2.34. The van der Waals surface area contributed by atoms with Crippen LogP contribution in [-0.4, -0.2) is 17.1 Å². The highest BCUT2D eigenvalue weighted by atomic mass is 19.4. The Hall–Kier alpha value is -3.06. The number of alkyl halides is 6. The van der Waals surface area contributed by atoms with E-state index in [4.69, 9.17) is 5.26 Å². The molecule has 0 aromatic heterocycles. The van der Waals surface area contributed by atoms with Crippen LogP contribution in [0.5, 0.6) is 0 Å². The Balaban J connectivity index is 2.09. The van der Waals surface area contributed by atoms with Crippen molar-refractivity contribution in [2.45, 2.75) is 24.9 Å². The molecule has 148 valence electrons. The summed E-state index contributed by atoms with van der Waals surface area (Å²) in [7, 11) is 0. The van der Waals surface area contributed by atoms with Gasteiger partial charge < -0.3 is 10.4 Å². The topological polar surface area (TPSA) is 73.1 Å². The van der Waals surface area contributed by atoms with Gasteiger partial charge in [-0.05, 0) is 35.9 Å². The Morgan fingerprint density at radius 2 is 1.64 bits per heavy atom. The first-order valence-corrected chi connectivity index (χ1v) is 7.68. The first-order valence-electron chi connectivity index (χ1n) is 7.68. The van der Waals surface area contributed by atoms with E-state index in [9.17, 15) is 36.2 Å². The molecule has 2 aromatic rings. The molecule has 0 spiro atoms. The quantitative estimate of drug-likeness (QED) is 0.756. The summed E-state index contributed by atoms with van der Waals surface area (Å²) in [6.45, 7) is 0. The minimum Gasteiger partial charge on any atom is -0.383 e. The molecule has 0 heterocycles. The number of anilines is 1. The zero-order chi connectivity index (χ0) is 21.1. The first-order chi connectivity index (χ1) is 12.9. The van der Waals surface area contributed by atoms with E-state index in [1.54, 1.807) is 0 Å². The molecule has 1 amide bonds. The summed E-state index contributed by atoms with van der Waals surface area (Å²) in [5, 5.41) is 20.7. The van der Waals surface area contributed by atoms with Crippen LogP contribution in [-0.2, 0) is 23.6 Å². The molecule has 0 aliphatic rings. The molecular weight excluding hydrogens is 390 g/mol. The molecular formula is C18H12F6N2O2. The number of nitrogens with zero attached hydrogens (tertiary/aromatic N) is 1. The van der Waals surface area contributed by atoms with Gasteiger partial charge in [0.15, 0.2) is 0 Å². The molecule has 0 saturated heterocycles. The highest BCUT2D eigenvalue weighted by Crippen LogP contribution is 2.33. The molecule has 2 rings (SSSR count). The molecule has 0 radical (unpaired) electrons. The Morgan fingerprint density at radius 3 is 2.14 bits per heavy atom. The third-order valence-electron chi connectivity index (χ3n) is 3.73. The summed E-state index contributed by atoms with van der Waals surface area (Å²) in [6.07, 6.45) is -11.4. The van der Waals surface area contributed by atoms with Gasteiger partial charge in [-0.25, -0.2) is 0 Å². The molecule has 10 heteroatoms. The first kappa shape index (κ1) is 21.2. The van der Waals surface area contributed by atoms with Crippen molar-refractivity contribution in [1.29, 1.82) is 5.26 Å². The summed E-state index contributed by atoms with van der Waals surface area (Å²) in [5.74, 6) is -1.04. The van der Waals surface area contributed by atoms with Crippen molar-refractivity contribution >= 4 is 11.6 Å². The van der Waals surface area contributed by atoms with Crippen LogP contribution in [0, 0.1) is 11.3 Å². The van der Waals surface area contributed by atoms with Crippen molar-refractivity contribution in [2.75, 3.05) is 5.32 Å². The summed E-state index contributed by atoms with van der Waals surface area (Å²) < 4.78 is 76.3. The van der Waals surface area contributed by atoms with Crippen LogP contribution in [0.25, 0.3) is 0 Å². The fraction of sp³-hybridized carbons (Fsp3) is 0.222. The van der Waals surface area contributed by atoms with Crippen molar-refractivity contribution in [3.8, 4) is 6.07 Å². The lowest BCUT2D eigenvalue weighted by Crippen LogP contribution is -2.29. The third kappa shape index (κ3) is 5.23. The maximum absolute atomic E-state index is 12.9. The summed E-state index contributed by atoms with van der Waals surface area (Å²) in [5.41, 5.74) is -2.83. The minimum absolute atomic E-state index is 0.228. The number of nitriles is 1. The zero-order valence-electron chi connectivity index (χ0n) is 13.9. The molecule has 28 heavy (non-hydrogen) atoms. The average molecular weight is 402 g/mol. The normalized spacial score (nSPS) is 12.9. The van der Waals surface area contributed by atoms with Crippen molar-refractivity contribution in [3.05, 3.63) is 64.7 Å². The van der Waals surface area contributed by atoms with E-state index >= 15 is 0 Å². The van der Waals surface area contributed by atoms with Gasteiger partial charge in [0.05, 0.1) is 22.8 Å². The Labute approximate surface area is 155 Å². The van der Waals surface area contributed by atoms with Crippen molar-refractivity contribution in [2.24, 2.45) is 0 Å². The van der Waals surface area contributed by atoms with Crippen molar-refractivity contribution in [3.63, 3.8) is 0 Å². The number of amides is 1. The molecule has 0 aliphatic carbocycles. The maximum atomic E-state index is 12.9. The molecule has 2 N–H and O–H groups in total. The number of carbonyl (C=O) groups is 1. The second kappa shape index (κ2) is 7.90. The predicted octanol–water partition coefficient (Wildman–Crippen LogP) is 4.14. The lowest BCUT2D eigenvalue weighted by atomic mass is 10.0. The summed E-state index contributed by atoms with van der Waals surface area (Å²) >= 11 is 0. The molecule has 0 aliphatic heterocycles. The number of hydrogen-bond donors (Lipinski definition) is 2. The van der Waals surface area contributed by atoms with Crippen LogP contribution >= 0.6 is 0 Å². The Kier molecular flexibility index (Phi) is 5.99. The second-order valence-electron chi connectivity index (χ2n) is 5.77. The number of benzene rings is 2. The summed E-state index contributed by atoms with van der Waals surface area (Å²) in [4.78, 5) is 12.0. The molecule has 1 atom stereocenters. The third-order valence-corrected chi connectivity index (χ3v) is 3.73. The van der Waals surface area contributed by atoms with Crippen molar-refractivity contribution in [1.82, 2.24) is 0 Å². The highest BCUT2D eigenvalue weighted by molar-refractivity contribution is 5.94. The Bertz CT molecular complexity index is 898. The van der Waals surface area contributed by atoms with Gasteiger partial charge in [-0.15, -0.1) is 0 Å². The van der Waals surface area contributed by atoms with E-state index in [0.29, 0.717) is 6.07 Å². The zero-order valence-corrected chi connectivity index (χ0v) is 13.9. The van der Waals surface area contributed by atoms with E-state index in [-0.39, 0.29) is 17.7 Å². The van der Waals surface area contributed by atoms with Gasteiger partial charge >= 0.3 is 12.4 Å². The smallest absolute Gasteiger partial charge is 0.383 e. The van der Waals surface area contributed by atoms with Crippen LogP contribution in [0.3, 0.4) is 0 Å². The monoisotopic (exact) mass is 402 g/mol. The molecule has 0 fully saturated rings. The number of aliphatic hydroxyl groups is 1. The minimum atomic E-state index is -4.81. The van der Waals surface area contributed by atoms with Crippen LogP contribution in [0.15, 0.2) is 42.5 Å². The van der Waals surface area contributed by atoms with E-state index in [1.165, 1.54) is 6.07 Å². The number of carbonyl (C=O) groups excluding carboxylic acids is 1. The van der Waals surface area contributed by atoms with Gasteiger partial charge in [-0.2, -0.15) is 31.6 Å². The molecule has 0 bridgehead atoms. The number of aliphatic hydroxyl groups excluding tert-OH is 1. The summed E-state index contributed by atoms with van der Waals surface area (Å²) in [6, 6.07) is 7.64. The molecule has 4 nitrogen and oxygen atoms in total. The molecule has 1 unspecified atom stereocenters. The number of halogens is 6. The van der Waals surface area contributed by atoms with Gasteiger partial charge in [-0.1, -0.05) is 12.1 Å². The largest absolute Gasteiger partial charge is 0.417 e. The Morgan fingerprint density at radius 1 is 1.04 bits per heavy atom. The lowest BCUT2D eigenvalue weighted by Gasteiger charge is -2.14. The molecule has 0 saturated carbocycles. The fourth-order valence-corrected chi connectivity index (χ4v) is 2.33. The van der Waals surface area contributed by atoms with Crippen LogP contribution in [0.4, 0.5) is 32.0 Å². The van der Waals surface area contributed by atoms with E-state index in [2.05, 4.69) is 5.32 Å². The standard InChI is InChI=1S/C18H12F6N2O2/c19-17(20,21)12-4-1-10(2-5-12)7-15(27)16(28)26-13-6-3-11(9-25)14(8-13)18(22,23)24/h1-6,8,15,27H,7H2,(H,26,28). The van der Waals surface area contributed by atoms with Crippen LogP contribution in [0.1, 0.15) is 22.3 Å². The lowest BCUT2D eigenvalue weighted by molar-refractivity contribution is -0.138. The van der Waals surface area contributed by atoms with Gasteiger partial charge in [-0.3, -0.25) is 4.79 Å². The van der Waals surface area contributed by atoms with E-state index in [1.807, 2.05) is 0 Å². The number of nitrogens with one attached hydrogen (secondary N) is 1. The van der Waals surface area contributed by atoms with Crippen molar-refractivity contribution < 1.29 is 36.2 Å². The van der Waals surface area contributed by atoms with Gasteiger partial charge in [0, 0.05) is 12.1 Å². The van der Waals surface area contributed by atoms with Crippen LogP contribution in [0.2, 0.25) is 0 Å². The fourth-order valence-electron chi connectivity index (χ4n) is 2.33. The van der Waals surface area contributed by atoms with E-state index < -0.39 is 41.1 Å². The predicted molar refractivity (Wildman–Crippen MR) is 85.9 cm³/mol. The van der Waals surface area contributed by atoms with Crippen LogP contribution < -0.4 is 5.32 Å². The SMILES string of the molecule is N#Cc1ccc(NC(=O)C(O)Cc2ccc(C(F)(F)F)cc2)cc1C(F)(F)F. The number of hydrogen-bond acceptors (Lipinski definition) is 3. The maximum Gasteiger partial charge on any atom is 0.417 e. The van der Waals surface area contributed by atoms with E-state index in [0.717, 1.165) is 36.4 Å². The molecule has 2 aromatic carbocycles. The number of rotatable bonds is 4. The van der Waals surface area contributed by atoms with Gasteiger partial charge in [0.25, 0.3) is 5.91 Å². The van der Waals surface area contributed by atoms with Gasteiger partial charge in [0.2, 0.25) is 0 Å². The van der Waals surface area contributed by atoms with Gasteiger partial charge in [0.1, 0.15) is 6.10 Å².